The Hall–Kier alpha value is -1.30. The maximum absolute atomic E-state index is 2.29. The van der Waals surface area contributed by atoms with Gasteiger partial charge in [0.15, 0.2) is 0 Å². The molecule has 0 heteroatoms. The lowest BCUT2D eigenvalue weighted by Gasteiger charge is -2.08. The van der Waals surface area contributed by atoms with Gasteiger partial charge in [0.2, 0.25) is 0 Å². The first kappa shape index (κ1) is 9.26. The Kier molecular flexibility index (Phi) is 2.28. The molecule has 0 radical (unpaired) electrons. The summed E-state index contributed by atoms with van der Waals surface area (Å²) in [5.74, 6) is 0. The van der Waals surface area contributed by atoms with Gasteiger partial charge >= 0.3 is 0 Å². The zero-order valence-corrected chi connectivity index (χ0v) is 9.09. The Morgan fingerprint density at radius 3 is 2.29 bits per heavy atom. The number of benzene rings is 1. The van der Waals surface area contributed by atoms with E-state index in [0.29, 0.717) is 0 Å². The van der Waals surface area contributed by atoms with E-state index in [1.54, 1.807) is 0 Å². The predicted octanol–water partition coefficient (Wildman–Crippen LogP) is 4.12. The average Bonchev–Trinajstić information content (AvgIpc) is 2.46. The van der Waals surface area contributed by atoms with Gasteiger partial charge in [0, 0.05) is 0 Å². The lowest BCUT2D eigenvalue weighted by Crippen LogP contribution is -1.88. The smallest absolute Gasteiger partial charge is 0.00580 e. The van der Waals surface area contributed by atoms with E-state index < -0.39 is 0 Å². The van der Waals surface area contributed by atoms with Gasteiger partial charge in [-0.2, -0.15) is 0 Å². The molecule has 1 aromatic rings. The summed E-state index contributed by atoms with van der Waals surface area (Å²) >= 11 is 0. The Balaban J connectivity index is 2.44. The molecule has 0 fully saturated rings. The molecule has 0 unspecified atom stereocenters. The standard InChI is InChI=1S/C14H16/c1-10-8-12(3)14(9-10)13-7-5-4-6-11(13)2/h4-8H,9H2,1-3H3. The van der Waals surface area contributed by atoms with Crippen molar-refractivity contribution in [2.75, 3.05) is 0 Å². The fraction of sp³-hybridized carbons (Fsp3) is 0.286. The van der Waals surface area contributed by atoms with Crippen LogP contribution in [0, 0.1) is 6.92 Å². The molecule has 0 amide bonds. The SMILES string of the molecule is CC1=CC(C)=C(c2ccccc2C)C1. The Morgan fingerprint density at radius 2 is 1.71 bits per heavy atom. The monoisotopic (exact) mass is 184 g/mol. The van der Waals surface area contributed by atoms with Crippen molar-refractivity contribution in [1.82, 2.24) is 0 Å². The molecule has 0 saturated carbocycles. The van der Waals surface area contributed by atoms with Crippen LogP contribution < -0.4 is 0 Å². The minimum Gasteiger partial charge on any atom is -0.0686 e. The van der Waals surface area contributed by atoms with E-state index in [0.717, 1.165) is 6.42 Å². The summed E-state index contributed by atoms with van der Waals surface area (Å²) in [5.41, 5.74) is 7.20. The van der Waals surface area contributed by atoms with Crippen molar-refractivity contribution in [1.29, 1.82) is 0 Å². The zero-order chi connectivity index (χ0) is 10.1. The molecule has 0 bridgehead atoms. The number of rotatable bonds is 1. The van der Waals surface area contributed by atoms with Gasteiger partial charge in [0.25, 0.3) is 0 Å². The van der Waals surface area contributed by atoms with Crippen LogP contribution >= 0.6 is 0 Å². The lowest BCUT2D eigenvalue weighted by molar-refractivity contribution is 1.25. The van der Waals surface area contributed by atoms with Crippen LogP contribution in [-0.4, -0.2) is 0 Å². The van der Waals surface area contributed by atoms with Gasteiger partial charge in [0.1, 0.15) is 0 Å². The highest BCUT2D eigenvalue weighted by Gasteiger charge is 2.12. The fourth-order valence-corrected chi connectivity index (χ4v) is 2.15. The van der Waals surface area contributed by atoms with Gasteiger partial charge in [-0.05, 0) is 49.5 Å². The topological polar surface area (TPSA) is 0 Å². The van der Waals surface area contributed by atoms with Crippen molar-refractivity contribution in [2.24, 2.45) is 0 Å². The van der Waals surface area contributed by atoms with Crippen LogP contribution in [0.3, 0.4) is 0 Å². The van der Waals surface area contributed by atoms with Crippen molar-refractivity contribution in [3.8, 4) is 0 Å². The summed E-state index contributed by atoms with van der Waals surface area (Å²) in [6.45, 7) is 6.59. The lowest BCUT2D eigenvalue weighted by atomic mass is 9.97. The van der Waals surface area contributed by atoms with Crippen molar-refractivity contribution >= 4 is 5.57 Å². The van der Waals surface area contributed by atoms with E-state index in [-0.39, 0.29) is 0 Å². The zero-order valence-electron chi connectivity index (χ0n) is 9.09. The molecule has 0 spiro atoms. The predicted molar refractivity (Wildman–Crippen MR) is 62.1 cm³/mol. The van der Waals surface area contributed by atoms with E-state index in [1.807, 2.05) is 0 Å². The molecule has 2 rings (SSSR count). The molecular weight excluding hydrogens is 168 g/mol. The number of hydrogen-bond acceptors (Lipinski definition) is 0. The van der Waals surface area contributed by atoms with Gasteiger partial charge in [-0.25, -0.2) is 0 Å². The molecule has 0 atom stereocenters. The van der Waals surface area contributed by atoms with Gasteiger partial charge in [0.05, 0.1) is 0 Å². The third-order valence-electron chi connectivity index (χ3n) is 2.86. The van der Waals surface area contributed by atoms with Gasteiger partial charge < -0.3 is 0 Å². The van der Waals surface area contributed by atoms with Crippen molar-refractivity contribution in [3.63, 3.8) is 0 Å². The van der Waals surface area contributed by atoms with Crippen LogP contribution in [0.5, 0.6) is 0 Å². The second kappa shape index (κ2) is 3.45. The molecule has 72 valence electrons. The largest absolute Gasteiger partial charge is 0.0686 e. The van der Waals surface area contributed by atoms with Crippen LogP contribution in [0.1, 0.15) is 31.4 Å². The Labute approximate surface area is 86.0 Å². The van der Waals surface area contributed by atoms with E-state index in [2.05, 4.69) is 51.1 Å². The Bertz CT molecular complexity index is 419. The minimum absolute atomic E-state index is 1.12. The van der Waals surface area contributed by atoms with Crippen LogP contribution in [-0.2, 0) is 0 Å². The van der Waals surface area contributed by atoms with Crippen LogP contribution in [0.15, 0.2) is 41.5 Å². The average molecular weight is 184 g/mol. The van der Waals surface area contributed by atoms with Gasteiger partial charge in [-0.1, -0.05) is 35.9 Å². The third kappa shape index (κ3) is 1.52. The number of hydrogen-bond donors (Lipinski definition) is 0. The van der Waals surface area contributed by atoms with E-state index in [4.69, 9.17) is 0 Å². The molecule has 1 aliphatic carbocycles. The summed E-state index contributed by atoms with van der Waals surface area (Å²) in [4.78, 5) is 0. The molecule has 0 N–H and O–H groups in total. The van der Waals surface area contributed by atoms with Gasteiger partial charge in [-0.3, -0.25) is 0 Å². The van der Waals surface area contributed by atoms with Crippen molar-refractivity contribution in [3.05, 3.63) is 52.6 Å². The molecule has 0 aromatic heterocycles. The maximum atomic E-state index is 2.29. The Morgan fingerprint density at radius 1 is 1.00 bits per heavy atom. The molecule has 14 heavy (non-hydrogen) atoms. The molecule has 0 aliphatic heterocycles. The first-order chi connectivity index (χ1) is 6.68. The van der Waals surface area contributed by atoms with Crippen LogP contribution in [0.2, 0.25) is 0 Å². The maximum Gasteiger partial charge on any atom is -0.00580 e. The van der Waals surface area contributed by atoms with E-state index in [9.17, 15) is 0 Å². The molecular formula is C14H16. The van der Waals surface area contributed by atoms with Crippen LogP contribution in [0.25, 0.3) is 5.57 Å². The summed E-state index contributed by atoms with van der Waals surface area (Å²) < 4.78 is 0. The van der Waals surface area contributed by atoms with Gasteiger partial charge in [-0.15, -0.1) is 0 Å². The second-order valence-electron chi connectivity index (χ2n) is 4.14. The fourth-order valence-electron chi connectivity index (χ4n) is 2.15. The third-order valence-corrected chi connectivity index (χ3v) is 2.86. The number of allylic oxidation sites excluding steroid dienone is 4. The summed E-state index contributed by atoms with van der Waals surface area (Å²) in [7, 11) is 0. The number of aryl methyl sites for hydroxylation is 1. The normalized spacial score (nSPS) is 16.1. The molecule has 1 aliphatic rings. The highest BCUT2D eigenvalue weighted by atomic mass is 14.2. The van der Waals surface area contributed by atoms with E-state index >= 15 is 0 Å². The quantitative estimate of drug-likeness (QED) is 0.616. The first-order valence-electron chi connectivity index (χ1n) is 5.11. The first-order valence-corrected chi connectivity index (χ1v) is 5.11. The highest BCUT2D eigenvalue weighted by molar-refractivity contribution is 5.77. The second-order valence-corrected chi connectivity index (χ2v) is 4.14. The van der Waals surface area contributed by atoms with Crippen LogP contribution in [0.4, 0.5) is 0 Å². The highest BCUT2D eigenvalue weighted by Crippen LogP contribution is 2.33. The molecule has 0 saturated heterocycles. The summed E-state index contributed by atoms with van der Waals surface area (Å²) in [6.07, 6.45) is 3.42. The summed E-state index contributed by atoms with van der Waals surface area (Å²) in [5, 5.41) is 0. The van der Waals surface area contributed by atoms with E-state index in [1.165, 1.54) is 27.8 Å². The van der Waals surface area contributed by atoms with Crippen molar-refractivity contribution in [2.45, 2.75) is 27.2 Å². The minimum atomic E-state index is 1.12. The molecule has 0 nitrogen and oxygen atoms in total. The molecule has 1 aromatic carbocycles. The molecule has 0 heterocycles. The van der Waals surface area contributed by atoms with Crippen molar-refractivity contribution < 1.29 is 0 Å². The summed E-state index contributed by atoms with van der Waals surface area (Å²) in [6, 6.07) is 8.63.